The van der Waals surface area contributed by atoms with E-state index in [9.17, 15) is 0 Å². The molecule has 1 nitrogen and oxygen atoms in total. The van der Waals surface area contributed by atoms with Crippen molar-refractivity contribution in [3.63, 3.8) is 0 Å². The largest absolute Gasteiger partial charge is 0.328 e. The SMILES string of the molecule is CC(CC1CC(N)C1)C1CCCCC1. The third kappa shape index (κ3) is 2.50. The molecule has 0 aliphatic heterocycles. The molecule has 0 radical (unpaired) electrons. The highest BCUT2D eigenvalue weighted by molar-refractivity contribution is 4.84. The van der Waals surface area contributed by atoms with Gasteiger partial charge in [0.2, 0.25) is 0 Å². The van der Waals surface area contributed by atoms with Gasteiger partial charge < -0.3 is 5.73 Å². The summed E-state index contributed by atoms with van der Waals surface area (Å²) < 4.78 is 0. The van der Waals surface area contributed by atoms with Crippen LogP contribution in [0.2, 0.25) is 0 Å². The predicted octanol–water partition coefficient (Wildman–Crippen LogP) is 3.33. The second-order valence-corrected chi connectivity index (χ2v) is 5.71. The molecule has 0 saturated heterocycles. The van der Waals surface area contributed by atoms with Gasteiger partial charge in [0, 0.05) is 6.04 Å². The Morgan fingerprint density at radius 3 is 2.36 bits per heavy atom. The van der Waals surface area contributed by atoms with Gasteiger partial charge in [-0.3, -0.25) is 0 Å². The summed E-state index contributed by atoms with van der Waals surface area (Å²) in [6, 6.07) is 0.540. The van der Waals surface area contributed by atoms with Gasteiger partial charge in [0.1, 0.15) is 0 Å². The number of nitrogens with two attached hydrogens (primary N) is 1. The van der Waals surface area contributed by atoms with Gasteiger partial charge in [0.25, 0.3) is 0 Å². The Bertz CT molecular complexity index is 166. The average molecular weight is 195 g/mol. The first-order valence-electron chi connectivity index (χ1n) is 6.51. The summed E-state index contributed by atoms with van der Waals surface area (Å²) in [5.74, 6) is 2.98. The fourth-order valence-electron chi connectivity index (χ4n) is 3.40. The van der Waals surface area contributed by atoms with E-state index in [1.165, 1.54) is 51.4 Å². The lowest BCUT2D eigenvalue weighted by Gasteiger charge is -2.37. The molecule has 1 unspecified atom stereocenters. The van der Waals surface area contributed by atoms with Crippen LogP contribution >= 0.6 is 0 Å². The van der Waals surface area contributed by atoms with Gasteiger partial charge in [-0.1, -0.05) is 39.0 Å². The van der Waals surface area contributed by atoms with Gasteiger partial charge in [0.05, 0.1) is 0 Å². The minimum atomic E-state index is 0.540. The Morgan fingerprint density at radius 2 is 1.79 bits per heavy atom. The highest BCUT2D eigenvalue weighted by Crippen LogP contribution is 2.38. The Labute approximate surface area is 88.4 Å². The topological polar surface area (TPSA) is 26.0 Å². The Hall–Kier alpha value is -0.0400. The van der Waals surface area contributed by atoms with Crippen molar-refractivity contribution in [2.75, 3.05) is 0 Å². The zero-order chi connectivity index (χ0) is 9.97. The van der Waals surface area contributed by atoms with E-state index in [4.69, 9.17) is 5.73 Å². The van der Waals surface area contributed by atoms with Crippen LogP contribution in [0.3, 0.4) is 0 Å². The second-order valence-electron chi connectivity index (χ2n) is 5.71. The zero-order valence-electron chi connectivity index (χ0n) is 9.54. The normalized spacial score (nSPS) is 36.4. The third-order valence-corrected chi connectivity index (χ3v) is 4.43. The molecule has 2 aliphatic rings. The van der Waals surface area contributed by atoms with Crippen molar-refractivity contribution in [3.8, 4) is 0 Å². The quantitative estimate of drug-likeness (QED) is 0.734. The molecule has 1 atom stereocenters. The highest BCUT2D eigenvalue weighted by atomic mass is 14.7. The molecule has 2 fully saturated rings. The summed E-state index contributed by atoms with van der Waals surface area (Å²) >= 11 is 0. The van der Waals surface area contributed by atoms with Crippen molar-refractivity contribution >= 4 is 0 Å². The summed E-state index contributed by atoms with van der Waals surface area (Å²) in [6.07, 6.45) is 11.5. The van der Waals surface area contributed by atoms with Crippen molar-refractivity contribution < 1.29 is 0 Å². The zero-order valence-corrected chi connectivity index (χ0v) is 9.54. The molecule has 82 valence electrons. The minimum absolute atomic E-state index is 0.540. The molecule has 0 amide bonds. The fourth-order valence-corrected chi connectivity index (χ4v) is 3.40. The number of rotatable bonds is 3. The van der Waals surface area contributed by atoms with Crippen molar-refractivity contribution in [1.29, 1.82) is 0 Å². The molecular weight excluding hydrogens is 170 g/mol. The molecule has 0 aromatic rings. The maximum Gasteiger partial charge on any atom is 0.00441 e. The lowest BCUT2D eigenvalue weighted by atomic mass is 9.71. The van der Waals surface area contributed by atoms with E-state index in [0.29, 0.717) is 6.04 Å². The first-order chi connectivity index (χ1) is 6.75. The summed E-state index contributed by atoms with van der Waals surface area (Å²) in [5.41, 5.74) is 5.82. The molecule has 1 heteroatoms. The van der Waals surface area contributed by atoms with Crippen LogP contribution in [0.1, 0.15) is 58.3 Å². The predicted molar refractivity (Wildman–Crippen MR) is 61.1 cm³/mol. The maximum absolute atomic E-state index is 5.82. The van der Waals surface area contributed by atoms with Crippen molar-refractivity contribution in [2.45, 2.75) is 64.3 Å². The van der Waals surface area contributed by atoms with Crippen LogP contribution in [0.25, 0.3) is 0 Å². The first kappa shape index (κ1) is 10.5. The standard InChI is InChI=1S/C13H25N/c1-10(7-11-8-13(14)9-11)12-5-3-2-4-6-12/h10-13H,2-9,14H2,1H3. The Kier molecular flexibility index (Phi) is 3.48. The molecule has 2 saturated carbocycles. The van der Waals surface area contributed by atoms with Crippen LogP contribution in [0.15, 0.2) is 0 Å². The van der Waals surface area contributed by atoms with E-state index in [2.05, 4.69) is 6.92 Å². The maximum atomic E-state index is 5.82. The second kappa shape index (κ2) is 4.65. The van der Waals surface area contributed by atoms with E-state index in [-0.39, 0.29) is 0 Å². The van der Waals surface area contributed by atoms with Crippen LogP contribution in [-0.2, 0) is 0 Å². The average Bonchev–Trinajstić information content (AvgIpc) is 2.17. The van der Waals surface area contributed by atoms with E-state index in [1.807, 2.05) is 0 Å². The Balaban J connectivity index is 1.69. The molecule has 0 spiro atoms. The molecular formula is C13H25N. The lowest BCUT2D eigenvalue weighted by molar-refractivity contribution is 0.167. The third-order valence-electron chi connectivity index (χ3n) is 4.43. The molecule has 2 aliphatic carbocycles. The molecule has 2 rings (SSSR count). The van der Waals surface area contributed by atoms with E-state index in [1.54, 1.807) is 0 Å². The van der Waals surface area contributed by atoms with Crippen molar-refractivity contribution in [1.82, 2.24) is 0 Å². The smallest absolute Gasteiger partial charge is 0.00441 e. The summed E-state index contributed by atoms with van der Waals surface area (Å²) in [6.45, 7) is 2.47. The van der Waals surface area contributed by atoms with Gasteiger partial charge in [-0.25, -0.2) is 0 Å². The summed E-state index contributed by atoms with van der Waals surface area (Å²) in [7, 11) is 0. The molecule has 2 N–H and O–H groups in total. The molecule has 0 heterocycles. The number of hydrogen-bond acceptors (Lipinski definition) is 1. The molecule has 0 bridgehead atoms. The van der Waals surface area contributed by atoms with Crippen LogP contribution in [-0.4, -0.2) is 6.04 Å². The van der Waals surface area contributed by atoms with E-state index >= 15 is 0 Å². The van der Waals surface area contributed by atoms with Gasteiger partial charge in [-0.05, 0) is 37.0 Å². The van der Waals surface area contributed by atoms with Crippen molar-refractivity contribution in [3.05, 3.63) is 0 Å². The Morgan fingerprint density at radius 1 is 1.14 bits per heavy atom. The molecule has 14 heavy (non-hydrogen) atoms. The van der Waals surface area contributed by atoms with E-state index < -0.39 is 0 Å². The van der Waals surface area contributed by atoms with Gasteiger partial charge >= 0.3 is 0 Å². The summed E-state index contributed by atoms with van der Waals surface area (Å²) in [5, 5.41) is 0. The summed E-state index contributed by atoms with van der Waals surface area (Å²) in [4.78, 5) is 0. The fraction of sp³-hybridized carbons (Fsp3) is 1.00. The molecule has 0 aromatic heterocycles. The van der Waals surface area contributed by atoms with E-state index in [0.717, 1.165) is 17.8 Å². The first-order valence-corrected chi connectivity index (χ1v) is 6.51. The van der Waals surface area contributed by atoms with Crippen molar-refractivity contribution in [2.24, 2.45) is 23.5 Å². The lowest BCUT2D eigenvalue weighted by Crippen LogP contribution is -2.37. The minimum Gasteiger partial charge on any atom is -0.328 e. The monoisotopic (exact) mass is 195 g/mol. The van der Waals surface area contributed by atoms with Crippen LogP contribution in [0.5, 0.6) is 0 Å². The molecule has 0 aromatic carbocycles. The number of hydrogen-bond donors (Lipinski definition) is 1. The van der Waals surface area contributed by atoms with Gasteiger partial charge in [0.15, 0.2) is 0 Å². The van der Waals surface area contributed by atoms with Crippen LogP contribution in [0, 0.1) is 17.8 Å². The van der Waals surface area contributed by atoms with Gasteiger partial charge in [-0.2, -0.15) is 0 Å². The van der Waals surface area contributed by atoms with Crippen LogP contribution < -0.4 is 5.73 Å². The van der Waals surface area contributed by atoms with Gasteiger partial charge in [-0.15, -0.1) is 0 Å². The highest BCUT2D eigenvalue weighted by Gasteiger charge is 2.29. The van der Waals surface area contributed by atoms with Crippen LogP contribution in [0.4, 0.5) is 0 Å².